The van der Waals surface area contributed by atoms with Gasteiger partial charge in [-0.25, -0.2) is 9.37 Å². The third kappa shape index (κ3) is 5.40. The molecule has 2 atom stereocenters. The lowest BCUT2D eigenvalue weighted by atomic mass is 9.94. The van der Waals surface area contributed by atoms with Crippen LogP contribution in [0, 0.1) is 5.82 Å². The number of hydrogen-bond donors (Lipinski definition) is 0. The summed E-state index contributed by atoms with van der Waals surface area (Å²) in [6.07, 6.45) is 8.47. The molecule has 0 radical (unpaired) electrons. The molecule has 1 saturated heterocycles. The van der Waals surface area contributed by atoms with Gasteiger partial charge in [0.2, 0.25) is 0 Å². The van der Waals surface area contributed by atoms with E-state index in [0.29, 0.717) is 31.1 Å². The molecule has 0 spiro atoms. The second-order valence-corrected chi connectivity index (χ2v) is 8.98. The highest BCUT2D eigenvalue weighted by Gasteiger charge is 2.27. The number of carbonyl (C=O) groups is 1. The van der Waals surface area contributed by atoms with Gasteiger partial charge in [0.1, 0.15) is 23.4 Å². The van der Waals surface area contributed by atoms with Gasteiger partial charge in [-0.1, -0.05) is 26.0 Å². The lowest BCUT2D eigenvalue weighted by Crippen LogP contribution is -2.26. The molecule has 6 heteroatoms. The molecule has 32 heavy (non-hydrogen) atoms. The van der Waals surface area contributed by atoms with Crippen LogP contribution in [0.3, 0.4) is 0 Å². The van der Waals surface area contributed by atoms with Gasteiger partial charge in [0, 0.05) is 31.4 Å². The maximum Gasteiger partial charge on any atom is 0.169 e. The fourth-order valence-corrected chi connectivity index (χ4v) is 4.60. The van der Waals surface area contributed by atoms with Crippen LogP contribution in [0.1, 0.15) is 70.3 Å². The number of ether oxygens (including phenoxy) is 2. The number of halogens is 1. The Labute approximate surface area is 189 Å². The van der Waals surface area contributed by atoms with Crippen LogP contribution >= 0.6 is 0 Å². The molecule has 1 aliphatic carbocycles. The minimum atomic E-state index is -0.351. The number of rotatable bonds is 9. The third-order valence-corrected chi connectivity index (χ3v) is 6.51. The highest BCUT2D eigenvalue weighted by atomic mass is 19.1. The topological polar surface area (TPSA) is 51.7 Å². The number of benzene rings is 1. The summed E-state index contributed by atoms with van der Waals surface area (Å²) in [5.74, 6) is 1.45. The minimum absolute atomic E-state index is 0.0318. The Kier molecular flexibility index (Phi) is 7.28. The van der Waals surface area contributed by atoms with E-state index in [9.17, 15) is 9.18 Å². The van der Waals surface area contributed by atoms with Crippen molar-refractivity contribution in [2.24, 2.45) is 0 Å². The van der Waals surface area contributed by atoms with E-state index < -0.39 is 0 Å². The van der Waals surface area contributed by atoms with Gasteiger partial charge in [0.15, 0.2) is 11.6 Å². The summed E-state index contributed by atoms with van der Waals surface area (Å²) < 4.78 is 26.7. The van der Waals surface area contributed by atoms with Gasteiger partial charge in [-0.2, -0.15) is 0 Å². The molecule has 172 valence electrons. The summed E-state index contributed by atoms with van der Waals surface area (Å²) >= 11 is 0. The largest absolute Gasteiger partial charge is 0.489 e. The van der Waals surface area contributed by atoms with Crippen LogP contribution in [0.4, 0.5) is 10.2 Å². The molecule has 4 rings (SSSR count). The molecule has 2 fully saturated rings. The molecule has 1 aliphatic heterocycles. The fourth-order valence-electron chi connectivity index (χ4n) is 4.60. The van der Waals surface area contributed by atoms with Crippen LogP contribution in [-0.4, -0.2) is 36.1 Å². The van der Waals surface area contributed by atoms with Crippen LogP contribution in [0.25, 0.3) is 0 Å². The zero-order valence-corrected chi connectivity index (χ0v) is 19.1. The number of nitrogens with zero attached hydrogens (tertiary/aromatic N) is 2. The highest BCUT2D eigenvalue weighted by molar-refractivity contribution is 5.85. The van der Waals surface area contributed by atoms with Gasteiger partial charge in [-0.15, -0.1) is 0 Å². The normalized spacial score (nSPS) is 19.8. The molecule has 0 bridgehead atoms. The van der Waals surface area contributed by atoms with Crippen LogP contribution in [0.2, 0.25) is 0 Å². The zero-order valence-electron chi connectivity index (χ0n) is 19.1. The van der Waals surface area contributed by atoms with Gasteiger partial charge < -0.3 is 14.4 Å². The van der Waals surface area contributed by atoms with Gasteiger partial charge in [-0.3, -0.25) is 4.79 Å². The summed E-state index contributed by atoms with van der Waals surface area (Å²) in [5, 5.41) is 0. The van der Waals surface area contributed by atoms with Crippen LogP contribution in [0.15, 0.2) is 36.5 Å². The first-order chi connectivity index (χ1) is 15.5. The maximum atomic E-state index is 14.7. The molecule has 2 heterocycles. The van der Waals surface area contributed by atoms with Crippen molar-refractivity contribution in [2.45, 2.75) is 76.9 Å². The molecule has 1 aromatic heterocycles. The smallest absolute Gasteiger partial charge is 0.169 e. The van der Waals surface area contributed by atoms with E-state index >= 15 is 0 Å². The number of anilines is 1. The van der Waals surface area contributed by atoms with Crippen molar-refractivity contribution in [3.63, 3.8) is 0 Å². The van der Waals surface area contributed by atoms with Crippen molar-refractivity contribution < 1.29 is 18.7 Å². The Morgan fingerprint density at radius 1 is 1.12 bits per heavy atom. The molecule has 0 N–H and O–H groups in total. The quantitative estimate of drug-likeness (QED) is 0.503. The number of carbonyl (C=O) groups excluding carboxylic acids is 1. The van der Waals surface area contributed by atoms with E-state index in [0.717, 1.165) is 37.0 Å². The van der Waals surface area contributed by atoms with Gasteiger partial charge in [0.25, 0.3) is 0 Å². The van der Waals surface area contributed by atoms with Crippen molar-refractivity contribution in [3.8, 4) is 11.5 Å². The van der Waals surface area contributed by atoms with E-state index in [1.165, 1.54) is 18.9 Å². The first-order valence-electron chi connectivity index (χ1n) is 11.9. The Bertz CT molecular complexity index is 912. The third-order valence-electron chi connectivity index (χ3n) is 6.51. The lowest BCUT2D eigenvalue weighted by Gasteiger charge is -2.20. The second kappa shape index (κ2) is 10.3. The van der Waals surface area contributed by atoms with E-state index in [1.807, 2.05) is 43.0 Å². The molecule has 2 aromatic rings. The number of hydrogen-bond acceptors (Lipinski definition) is 5. The molecule has 5 nitrogen and oxygen atoms in total. The average Bonchev–Trinajstić information content (AvgIpc) is 3.46. The SMILES string of the molecule is CCCC(=O)C(C)c1ccc(O[C@@H]2CCN(c3ncc(OC4CCCC4)cc3F)C2)cc1. The van der Waals surface area contributed by atoms with Crippen LogP contribution < -0.4 is 14.4 Å². The molecular formula is C26H33FN2O3. The van der Waals surface area contributed by atoms with Crippen molar-refractivity contribution in [1.82, 2.24) is 4.98 Å². The summed E-state index contributed by atoms with van der Waals surface area (Å²) in [4.78, 5) is 18.4. The van der Waals surface area contributed by atoms with E-state index in [1.54, 1.807) is 6.20 Å². The van der Waals surface area contributed by atoms with E-state index in [2.05, 4.69) is 4.98 Å². The number of pyridine rings is 1. The monoisotopic (exact) mass is 440 g/mol. The summed E-state index contributed by atoms with van der Waals surface area (Å²) in [7, 11) is 0. The minimum Gasteiger partial charge on any atom is -0.489 e. The van der Waals surface area contributed by atoms with Crippen molar-refractivity contribution in [1.29, 1.82) is 0 Å². The van der Waals surface area contributed by atoms with Gasteiger partial charge >= 0.3 is 0 Å². The molecule has 2 aliphatic rings. The van der Waals surface area contributed by atoms with E-state index in [-0.39, 0.29) is 29.7 Å². The maximum absolute atomic E-state index is 14.7. The summed E-state index contributed by atoms with van der Waals surface area (Å²) in [5.41, 5.74) is 1.01. The Balaban J connectivity index is 1.32. The molecule has 1 unspecified atom stereocenters. The Morgan fingerprint density at radius 3 is 2.53 bits per heavy atom. The van der Waals surface area contributed by atoms with Crippen LogP contribution in [-0.2, 0) is 4.79 Å². The number of aromatic nitrogens is 1. The van der Waals surface area contributed by atoms with Crippen molar-refractivity contribution in [2.75, 3.05) is 18.0 Å². The number of Topliss-reactive ketones (excluding diaryl/α,β-unsaturated/α-hetero) is 1. The standard InChI is InChI=1S/C26H33FN2O3/c1-3-6-25(30)18(2)19-9-11-21(12-10-19)31-22-13-14-29(17-22)26-24(27)15-23(16-28-26)32-20-7-4-5-8-20/h9-12,15-16,18,20,22H,3-8,13-14,17H2,1-2H3/t18?,22-/m1/s1. The average molecular weight is 441 g/mol. The first kappa shape index (κ1) is 22.6. The predicted octanol–water partition coefficient (Wildman–Crippen LogP) is 5.67. The molecular weight excluding hydrogens is 407 g/mol. The fraction of sp³-hybridized carbons (Fsp3) is 0.538. The number of ketones is 1. The van der Waals surface area contributed by atoms with Crippen molar-refractivity contribution >= 4 is 11.6 Å². The molecule has 1 saturated carbocycles. The Morgan fingerprint density at radius 2 is 1.84 bits per heavy atom. The zero-order chi connectivity index (χ0) is 22.5. The van der Waals surface area contributed by atoms with Gasteiger partial charge in [0.05, 0.1) is 18.8 Å². The van der Waals surface area contributed by atoms with Crippen molar-refractivity contribution in [3.05, 3.63) is 47.9 Å². The second-order valence-electron chi connectivity index (χ2n) is 8.98. The Hall–Kier alpha value is -2.63. The predicted molar refractivity (Wildman–Crippen MR) is 123 cm³/mol. The van der Waals surface area contributed by atoms with Gasteiger partial charge in [-0.05, 0) is 49.8 Å². The summed E-state index contributed by atoms with van der Waals surface area (Å²) in [6.45, 7) is 5.25. The lowest BCUT2D eigenvalue weighted by molar-refractivity contribution is -0.120. The highest BCUT2D eigenvalue weighted by Crippen LogP contribution is 2.29. The van der Waals surface area contributed by atoms with E-state index in [4.69, 9.17) is 9.47 Å². The molecule has 1 aromatic carbocycles. The molecule has 0 amide bonds. The van der Waals surface area contributed by atoms with Crippen LogP contribution in [0.5, 0.6) is 11.5 Å². The summed E-state index contributed by atoms with van der Waals surface area (Å²) in [6, 6.07) is 9.22. The first-order valence-corrected chi connectivity index (χ1v) is 11.9.